The molecule has 0 aliphatic carbocycles. The highest BCUT2D eigenvalue weighted by atomic mass is 16.5. The van der Waals surface area contributed by atoms with Crippen LogP contribution in [0.25, 0.3) is 5.69 Å². The highest BCUT2D eigenvalue weighted by molar-refractivity contribution is 5.94. The third-order valence-corrected chi connectivity index (χ3v) is 5.14. The van der Waals surface area contributed by atoms with Gasteiger partial charge in [0.2, 0.25) is 5.88 Å². The number of nitrogens with zero attached hydrogens (tertiary/aromatic N) is 3. The number of nitrogens with one attached hydrogen (secondary N) is 1. The van der Waals surface area contributed by atoms with Crippen molar-refractivity contribution in [1.82, 2.24) is 14.5 Å². The Hall–Kier alpha value is -3.98. The molecule has 1 aliphatic heterocycles. The second-order valence-electron chi connectivity index (χ2n) is 7.38. The number of ether oxygens (including phenoxy) is 1. The summed E-state index contributed by atoms with van der Waals surface area (Å²) in [5.41, 5.74) is 0.668. The molecule has 1 aromatic heterocycles. The molecule has 1 aliphatic rings. The molecule has 9 heteroatoms. The predicted octanol–water partition coefficient (Wildman–Crippen LogP) is 1.76. The van der Waals surface area contributed by atoms with Crippen molar-refractivity contribution < 1.29 is 14.6 Å². The first kappa shape index (κ1) is 21.3. The molecule has 4 rings (SSSR count). The Morgan fingerprint density at radius 2 is 1.84 bits per heavy atom. The molecule has 1 fully saturated rings. The van der Waals surface area contributed by atoms with Gasteiger partial charge in [-0.15, -0.1) is 0 Å². The normalized spacial score (nSPS) is 14.1. The molecule has 3 aromatic rings. The maximum Gasteiger partial charge on any atom is 0.335 e. The van der Waals surface area contributed by atoms with E-state index in [1.165, 1.54) is 6.21 Å². The van der Waals surface area contributed by atoms with E-state index in [-0.39, 0.29) is 11.5 Å². The summed E-state index contributed by atoms with van der Waals surface area (Å²) in [5, 5.41) is 10.6. The van der Waals surface area contributed by atoms with E-state index in [0.29, 0.717) is 43.2 Å². The van der Waals surface area contributed by atoms with E-state index >= 15 is 0 Å². The van der Waals surface area contributed by atoms with Crippen molar-refractivity contribution >= 4 is 17.8 Å². The largest absolute Gasteiger partial charge is 0.493 e. The van der Waals surface area contributed by atoms with Gasteiger partial charge in [0.15, 0.2) is 0 Å². The van der Waals surface area contributed by atoms with Gasteiger partial charge in [0, 0.05) is 24.9 Å². The summed E-state index contributed by atoms with van der Waals surface area (Å²) in [5.74, 6) is -0.588. The van der Waals surface area contributed by atoms with E-state index in [0.717, 1.165) is 10.1 Å². The van der Waals surface area contributed by atoms with E-state index in [2.05, 4.69) is 9.98 Å². The van der Waals surface area contributed by atoms with Crippen molar-refractivity contribution in [2.45, 2.75) is 6.92 Å². The fourth-order valence-electron chi connectivity index (χ4n) is 3.44. The molecule has 0 spiro atoms. The van der Waals surface area contributed by atoms with Gasteiger partial charge >= 0.3 is 5.69 Å². The molecule has 0 atom stereocenters. The number of aliphatic imine (C=N–C) groups is 1. The van der Waals surface area contributed by atoms with Crippen molar-refractivity contribution in [2.75, 3.05) is 26.3 Å². The third-order valence-electron chi connectivity index (χ3n) is 5.14. The van der Waals surface area contributed by atoms with Gasteiger partial charge in [-0.2, -0.15) is 0 Å². The summed E-state index contributed by atoms with van der Waals surface area (Å²) in [6, 6.07) is 13.6. The number of aryl methyl sites for hydroxylation is 1. The zero-order chi connectivity index (χ0) is 22.7. The summed E-state index contributed by atoms with van der Waals surface area (Å²) in [7, 11) is 0. The van der Waals surface area contributed by atoms with Gasteiger partial charge in [-0.3, -0.25) is 19.6 Å². The lowest BCUT2D eigenvalue weighted by Crippen LogP contribution is -2.40. The third kappa shape index (κ3) is 4.37. The number of morpholine rings is 1. The Kier molecular flexibility index (Phi) is 6.00. The number of rotatable bonds is 4. The summed E-state index contributed by atoms with van der Waals surface area (Å²) in [6.45, 7) is 4.01. The molecule has 32 heavy (non-hydrogen) atoms. The zero-order valence-electron chi connectivity index (χ0n) is 17.4. The first-order chi connectivity index (χ1) is 15.4. The van der Waals surface area contributed by atoms with Gasteiger partial charge in [0.25, 0.3) is 11.5 Å². The zero-order valence-corrected chi connectivity index (χ0v) is 17.4. The van der Waals surface area contributed by atoms with Crippen LogP contribution < -0.4 is 11.2 Å². The number of aromatic nitrogens is 2. The maximum absolute atomic E-state index is 12.5. The topological polar surface area (TPSA) is 117 Å². The lowest BCUT2D eigenvalue weighted by Gasteiger charge is -2.26. The number of hydrogen-bond donors (Lipinski definition) is 2. The van der Waals surface area contributed by atoms with Gasteiger partial charge in [0.05, 0.1) is 24.6 Å². The lowest BCUT2D eigenvalue weighted by molar-refractivity contribution is 0.0303. The minimum absolute atomic E-state index is 0.0804. The molecule has 2 heterocycles. The number of amides is 1. The van der Waals surface area contributed by atoms with Crippen LogP contribution in [0.4, 0.5) is 5.69 Å². The predicted molar refractivity (Wildman–Crippen MR) is 119 cm³/mol. The number of carbonyl (C=O) groups excluding carboxylic acids is 1. The Morgan fingerprint density at radius 1 is 1.12 bits per heavy atom. The van der Waals surface area contributed by atoms with Crippen LogP contribution in [0, 0.1) is 6.92 Å². The van der Waals surface area contributed by atoms with Crippen molar-refractivity contribution in [2.24, 2.45) is 4.99 Å². The molecule has 0 bridgehead atoms. The van der Waals surface area contributed by atoms with Gasteiger partial charge in [0.1, 0.15) is 5.56 Å². The molecular weight excluding hydrogens is 412 g/mol. The first-order valence-corrected chi connectivity index (χ1v) is 10.1. The molecular formula is C23H22N4O5. The fourth-order valence-corrected chi connectivity index (χ4v) is 3.44. The van der Waals surface area contributed by atoms with Gasteiger partial charge in [-0.05, 0) is 48.9 Å². The van der Waals surface area contributed by atoms with E-state index in [4.69, 9.17) is 4.74 Å². The molecule has 0 unspecified atom stereocenters. The number of hydrogen-bond acceptors (Lipinski definition) is 6. The molecule has 164 valence electrons. The Bertz CT molecular complexity index is 1280. The molecule has 9 nitrogen and oxygen atoms in total. The smallest absolute Gasteiger partial charge is 0.335 e. The molecule has 2 N–H and O–H groups in total. The monoisotopic (exact) mass is 434 g/mol. The highest BCUT2D eigenvalue weighted by Crippen LogP contribution is 2.18. The Balaban J connectivity index is 1.61. The van der Waals surface area contributed by atoms with Crippen LogP contribution in [-0.4, -0.2) is 58.0 Å². The van der Waals surface area contributed by atoms with Crippen LogP contribution in [0.5, 0.6) is 5.88 Å². The summed E-state index contributed by atoms with van der Waals surface area (Å²) < 4.78 is 6.28. The second-order valence-corrected chi connectivity index (χ2v) is 7.38. The van der Waals surface area contributed by atoms with Crippen LogP contribution >= 0.6 is 0 Å². The van der Waals surface area contributed by atoms with Crippen LogP contribution in [0.15, 0.2) is 63.1 Å². The van der Waals surface area contributed by atoms with Crippen molar-refractivity contribution in [1.29, 1.82) is 0 Å². The molecule has 0 saturated carbocycles. The number of H-pyrrole nitrogens is 1. The van der Waals surface area contributed by atoms with Crippen molar-refractivity contribution in [3.8, 4) is 11.6 Å². The quantitative estimate of drug-likeness (QED) is 0.607. The molecule has 0 radical (unpaired) electrons. The Labute approximate surface area is 183 Å². The number of aromatic hydroxyl groups is 1. The van der Waals surface area contributed by atoms with Crippen LogP contribution in [0.1, 0.15) is 21.5 Å². The van der Waals surface area contributed by atoms with E-state index in [1.54, 1.807) is 47.4 Å². The van der Waals surface area contributed by atoms with Crippen LogP contribution in [0.2, 0.25) is 0 Å². The lowest BCUT2D eigenvalue weighted by atomic mass is 10.1. The maximum atomic E-state index is 12.5. The standard InChI is InChI=1S/C23H22N4O5/c1-15-3-2-4-18(13-15)27-22(30)19(20(28)25-23(27)31)14-24-17-7-5-16(6-8-17)21(29)26-9-11-32-12-10-26/h2-8,13-14,30H,9-12H2,1H3,(H,25,28,31). The number of benzene rings is 2. The van der Waals surface area contributed by atoms with E-state index in [9.17, 15) is 19.5 Å². The second kappa shape index (κ2) is 9.03. The van der Waals surface area contributed by atoms with Gasteiger partial charge < -0.3 is 14.7 Å². The molecule has 2 aromatic carbocycles. The van der Waals surface area contributed by atoms with Crippen LogP contribution in [0.3, 0.4) is 0 Å². The minimum atomic E-state index is -0.751. The summed E-state index contributed by atoms with van der Waals surface area (Å²) in [6.07, 6.45) is 1.19. The fraction of sp³-hybridized carbons (Fsp3) is 0.217. The van der Waals surface area contributed by atoms with Crippen molar-refractivity contribution in [3.05, 3.63) is 86.1 Å². The van der Waals surface area contributed by atoms with E-state index < -0.39 is 17.1 Å². The van der Waals surface area contributed by atoms with E-state index in [1.807, 2.05) is 13.0 Å². The average molecular weight is 434 g/mol. The number of aromatic amines is 1. The SMILES string of the molecule is Cc1cccc(-n2c(O)c(C=Nc3ccc(C(=O)N4CCOCC4)cc3)c(=O)[nH]c2=O)c1. The highest BCUT2D eigenvalue weighted by Gasteiger charge is 2.18. The summed E-state index contributed by atoms with van der Waals surface area (Å²) in [4.78, 5) is 45.3. The summed E-state index contributed by atoms with van der Waals surface area (Å²) >= 11 is 0. The minimum Gasteiger partial charge on any atom is -0.493 e. The van der Waals surface area contributed by atoms with Crippen LogP contribution in [-0.2, 0) is 4.74 Å². The van der Waals surface area contributed by atoms with Gasteiger partial charge in [-0.25, -0.2) is 9.36 Å². The van der Waals surface area contributed by atoms with Crippen molar-refractivity contribution in [3.63, 3.8) is 0 Å². The molecule has 1 amide bonds. The number of carbonyl (C=O) groups is 1. The average Bonchev–Trinajstić information content (AvgIpc) is 2.79. The molecule has 1 saturated heterocycles. The van der Waals surface area contributed by atoms with Gasteiger partial charge in [-0.1, -0.05) is 12.1 Å². The Morgan fingerprint density at radius 3 is 2.53 bits per heavy atom. The first-order valence-electron chi connectivity index (χ1n) is 10.1.